The zero-order chi connectivity index (χ0) is 13.1. The zero-order valence-electron chi connectivity index (χ0n) is 11.2. The number of nitrogens with one attached hydrogen (secondary N) is 1. The number of benzene rings is 1. The van der Waals surface area contributed by atoms with E-state index >= 15 is 0 Å². The molecule has 1 aliphatic carbocycles. The summed E-state index contributed by atoms with van der Waals surface area (Å²) in [6, 6.07) is 6.41. The van der Waals surface area contributed by atoms with Crippen LogP contribution in [0, 0.1) is 12.8 Å². The Morgan fingerprint density at radius 2 is 2.22 bits per heavy atom. The van der Waals surface area contributed by atoms with Gasteiger partial charge in [-0.15, -0.1) is 0 Å². The number of nitrogens with two attached hydrogens (primary N) is 1. The van der Waals surface area contributed by atoms with Gasteiger partial charge < -0.3 is 11.1 Å². The normalized spacial score (nSPS) is 16.3. The van der Waals surface area contributed by atoms with Gasteiger partial charge in [-0.1, -0.05) is 19.4 Å². The predicted octanol–water partition coefficient (Wildman–Crippen LogP) is 3.08. The van der Waals surface area contributed by atoms with E-state index in [9.17, 15) is 4.79 Å². The molecular formula is C15H22N2O. The molecule has 1 saturated carbocycles. The van der Waals surface area contributed by atoms with E-state index < -0.39 is 0 Å². The molecule has 1 amide bonds. The van der Waals surface area contributed by atoms with Crippen LogP contribution in [0.2, 0.25) is 0 Å². The molecule has 1 unspecified atom stereocenters. The zero-order valence-corrected chi connectivity index (χ0v) is 11.2. The van der Waals surface area contributed by atoms with Crippen molar-refractivity contribution in [2.75, 3.05) is 5.32 Å². The van der Waals surface area contributed by atoms with Gasteiger partial charge in [0.25, 0.3) is 0 Å². The minimum atomic E-state index is -0.352. The van der Waals surface area contributed by atoms with Crippen LogP contribution < -0.4 is 11.1 Å². The van der Waals surface area contributed by atoms with Crippen molar-refractivity contribution in [2.45, 2.75) is 45.6 Å². The minimum absolute atomic E-state index is 0.352. The Kier molecular flexibility index (Phi) is 3.90. The van der Waals surface area contributed by atoms with Crippen molar-refractivity contribution in [1.29, 1.82) is 0 Å². The Morgan fingerprint density at radius 3 is 2.78 bits per heavy atom. The van der Waals surface area contributed by atoms with Crippen molar-refractivity contribution in [3.63, 3.8) is 0 Å². The van der Waals surface area contributed by atoms with Gasteiger partial charge in [-0.25, -0.2) is 0 Å². The van der Waals surface area contributed by atoms with Crippen molar-refractivity contribution in [2.24, 2.45) is 11.7 Å². The number of hydrogen-bond acceptors (Lipinski definition) is 2. The minimum Gasteiger partial charge on any atom is -0.382 e. The summed E-state index contributed by atoms with van der Waals surface area (Å²) in [5.41, 5.74) is 7.95. The Balaban J connectivity index is 2.12. The molecule has 3 heteroatoms. The number of aryl methyl sites for hydroxylation is 1. The van der Waals surface area contributed by atoms with Crippen LogP contribution in [-0.2, 0) is 0 Å². The largest absolute Gasteiger partial charge is 0.382 e. The summed E-state index contributed by atoms with van der Waals surface area (Å²) in [7, 11) is 0. The van der Waals surface area contributed by atoms with Gasteiger partial charge in [-0.2, -0.15) is 0 Å². The van der Waals surface area contributed by atoms with Crippen LogP contribution in [0.3, 0.4) is 0 Å². The van der Waals surface area contributed by atoms with Gasteiger partial charge in [0.05, 0.1) is 0 Å². The fraction of sp³-hybridized carbons (Fsp3) is 0.533. The van der Waals surface area contributed by atoms with Gasteiger partial charge in [-0.3, -0.25) is 4.79 Å². The van der Waals surface area contributed by atoms with Crippen LogP contribution in [0.4, 0.5) is 5.69 Å². The summed E-state index contributed by atoms with van der Waals surface area (Å²) in [4.78, 5) is 11.3. The Hall–Kier alpha value is -1.51. The van der Waals surface area contributed by atoms with Crippen LogP contribution in [0.15, 0.2) is 18.2 Å². The van der Waals surface area contributed by atoms with Crippen molar-refractivity contribution in [3.05, 3.63) is 29.3 Å². The molecule has 0 heterocycles. The van der Waals surface area contributed by atoms with E-state index in [1.807, 2.05) is 25.1 Å². The molecule has 1 fully saturated rings. The highest BCUT2D eigenvalue weighted by Crippen LogP contribution is 2.36. The summed E-state index contributed by atoms with van der Waals surface area (Å²) in [6.07, 6.45) is 5.02. The number of rotatable bonds is 6. The quantitative estimate of drug-likeness (QED) is 0.810. The Morgan fingerprint density at radius 1 is 1.50 bits per heavy atom. The second-order valence-electron chi connectivity index (χ2n) is 5.27. The molecule has 0 spiro atoms. The molecule has 0 saturated heterocycles. The van der Waals surface area contributed by atoms with E-state index in [1.54, 1.807) is 0 Å². The molecule has 3 N–H and O–H groups in total. The van der Waals surface area contributed by atoms with Crippen molar-refractivity contribution in [3.8, 4) is 0 Å². The number of amides is 1. The highest BCUT2D eigenvalue weighted by atomic mass is 16.1. The third-order valence-corrected chi connectivity index (χ3v) is 3.65. The van der Waals surface area contributed by atoms with Crippen molar-refractivity contribution < 1.29 is 4.79 Å². The third kappa shape index (κ3) is 3.03. The molecule has 0 bridgehead atoms. The lowest BCUT2D eigenvalue weighted by Crippen LogP contribution is -2.22. The predicted molar refractivity (Wildman–Crippen MR) is 74.7 cm³/mol. The highest BCUT2D eigenvalue weighted by molar-refractivity contribution is 5.95. The first-order chi connectivity index (χ1) is 8.61. The van der Waals surface area contributed by atoms with Gasteiger partial charge in [0.1, 0.15) is 0 Å². The number of primary amides is 1. The Bertz CT molecular complexity index is 438. The molecular weight excluding hydrogens is 224 g/mol. The first-order valence-corrected chi connectivity index (χ1v) is 6.78. The van der Waals surface area contributed by atoms with Gasteiger partial charge >= 0.3 is 0 Å². The van der Waals surface area contributed by atoms with Crippen LogP contribution in [0.25, 0.3) is 0 Å². The molecule has 1 aromatic rings. The summed E-state index contributed by atoms with van der Waals surface area (Å²) in [5, 5.41) is 3.56. The van der Waals surface area contributed by atoms with E-state index in [0.717, 1.165) is 17.2 Å². The smallest absolute Gasteiger partial charge is 0.249 e. The van der Waals surface area contributed by atoms with Crippen LogP contribution in [-0.4, -0.2) is 11.9 Å². The van der Waals surface area contributed by atoms with Gasteiger partial charge in [0.2, 0.25) is 5.91 Å². The number of carbonyl (C=O) groups is 1. The molecule has 3 nitrogen and oxygen atoms in total. The van der Waals surface area contributed by atoms with Crippen LogP contribution in [0.1, 0.15) is 48.5 Å². The monoisotopic (exact) mass is 246 g/mol. The van der Waals surface area contributed by atoms with E-state index in [4.69, 9.17) is 5.73 Å². The molecule has 0 aromatic heterocycles. The lowest BCUT2D eigenvalue weighted by atomic mass is 10.0. The molecule has 1 aromatic carbocycles. The second kappa shape index (κ2) is 5.42. The number of anilines is 1. The van der Waals surface area contributed by atoms with E-state index in [2.05, 4.69) is 12.2 Å². The second-order valence-corrected chi connectivity index (χ2v) is 5.27. The van der Waals surface area contributed by atoms with E-state index in [1.165, 1.54) is 25.7 Å². The summed E-state index contributed by atoms with van der Waals surface area (Å²) in [6.45, 7) is 4.12. The average Bonchev–Trinajstić information content (AvgIpc) is 3.14. The first-order valence-electron chi connectivity index (χ1n) is 6.78. The van der Waals surface area contributed by atoms with Crippen molar-refractivity contribution in [1.82, 2.24) is 0 Å². The molecule has 1 aliphatic rings. The highest BCUT2D eigenvalue weighted by Gasteiger charge is 2.30. The Labute approximate surface area is 109 Å². The van der Waals surface area contributed by atoms with Gasteiger partial charge in [-0.05, 0) is 49.8 Å². The molecule has 98 valence electrons. The lowest BCUT2D eigenvalue weighted by molar-refractivity contribution is 0.1000. The molecule has 1 atom stereocenters. The number of carbonyl (C=O) groups excluding carboxylic acids is 1. The summed E-state index contributed by atoms with van der Waals surface area (Å²) in [5.74, 6) is 0.456. The topological polar surface area (TPSA) is 55.1 Å². The van der Waals surface area contributed by atoms with Crippen molar-refractivity contribution >= 4 is 11.6 Å². The third-order valence-electron chi connectivity index (χ3n) is 3.65. The SMILES string of the molecule is CCCC(Nc1ccc(C)c(C(N)=O)c1)C1CC1. The van der Waals surface area contributed by atoms with E-state index in [0.29, 0.717) is 11.6 Å². The fourth-order valence-electron chi connectivity index (χ4n) is 2.43. The maximum atomic E-state index is 11.3. The maximum absolute atomic E-state index is 11.3. The summed E-state index contributed by atoms with van der Waals surface area (Å²) >= 11 is 0. The average molecular weight is 246 g/mol. The van der Waals surface area contributed by atoms with Crippen LogP contribution >= 0.6 is 0 Å². The summed E-state index contributed by atoms with van der Waals surface area (Å²) < 4.78 is 0. The molecule has 0 aliphatic heterocycles. The van der Waals surface area contributed by atoms with Gasteiger partial charge in [0.15, 0.2) is 0 Å². The lowest BCUT2D eigenvalue weighted by Gasteiger charge is -2.19. The molecule has 18 heavy (non-hydrogen) atoms. The van der Waals surface area contributed by atoms with Crippen LogP contribution in [0.5, 0.6) is 0 Å². The number of hydrogen-bond donors (Lipinski definition) is 2. The first kappa shape index (κ1) is 12.9. The molecule has 2 rings (SSSR count). The molecule has 0 radical (unpaired) electrons. The fourth-order valence-corrected chi connectivity index (χ4v) is 2.43. The van der Waals surface area contributed by atoms with E-state index in [-0.39, 0.29) is 5.91 Å². The van der Waals surface area contributed by atoms with Gasteiger partial charge in [0, 0.05) is 17.3 Å². The standard InChI is InChI=1S/C15H22N2O/c1-3-4-14(11-6-7-11)17-12-8-5-10(2)13(9-12)15(16)18/h5,8-9,11,14,17H,3-4,6-7H2,1-2H3,(H2,16,18). The maximum Gasteiger partial charge on any atom is 0.249 e.